The number of ether oxygens (including phenoxy) is 1. The van der Waals surface area contributed by atoms with Gasteiger partial charge in [0.25, 0.3) is 0 Å². The molecule has 0 amide bonds. The second-order valence-electron chi connectivity index (χ2n) is 5.39. The zero-order valence-corrected chi connectivity index (χ0v) is 12.2. The number of pyridine rings is 1. The van der Waals surface area contributed by atoms with Crippen LogP contribution in [0.4, 0.5) is 5.69 Å². The molecule has 1 aliphatic rings. The minimum atomic E-state index is 0.494. The van der Waals surface area contributed by atoms with Crippen LogP contribution in [0.3, 0.4) is 0 Å². The van der Waals surface area contributed by atoms with Crippen LogP contribution in [0.1, 0.15) is 26.7 Å². The summed E-state index contributed by atoms with van der Waals surface area (Å²) >= 11 is 0. The van der Waals surface area contributed by atoms with Crippen molar-refractivity contribution < 1.29 is 4.74 Å². The predicted octanol–water partition coefficient (Wildman–Crippen LogP) is 2.62. The molecule has 0 radical (unpaired) electrons. The Morgan fingerprint density at radius 3 is 2.74 bits per heavy atom. The molecule has 0 saturated carbocycles. The number of nitrogens with one attached hydrogen (secondary N) is 1. The van der Waals surface area contributed by atoms with Gasteiger partial charge in [0.2, 0.25) is 5.88 Å². The number of nitrogens with zero attached hydrogens (tertiary/aromatic N) is 2. The van der Waals surface area contributed by atoms with Crippen LogP contribution in [0.25, 0.3) is 0 Å². The molecule has 4 nitrogen and oxygen atoms in total. The third-order valence-electron chi connectivity index (χ3n) is 3.89. The van der Waals surface area contributed by atoms with Crippen molar-refractivity contribution in [3.05, 3.63) is 18.3 Å². The van der Waals surface area contributed by atoms with E-state index in [1.54, 1.807) is 0 Å². The first-order valence-electron chi connectivity index (χ1n) is 7.23. The Kier molecular flexibility index (Phi) is 5.02. The summed E-state index contributed by atoms with van der Waals surface area (Å²) in [5, 5.41) is 3.56. The van der Waals surface area contributed by atoms with Crippen molar-refractivity contribution >= 4 is 5.69 Å². The summed E-state index contributed by atoms with van der Waals surface area (Å²) in [4.78, 5) is 6.69. The van der Waals surface area contributed by atoms with E-state index in [1.807, 2.05) is 25.3 Å². The number of hydrogen-bond donors (Lipinski definition) is 1. The Hall–Kier alpha value is -1.29. The van der Waals surface area contributed by atoms with Gasteiger partial charge in [-0.3, -0.25) is 0 Å². The van der Waals surface area contributed by atoms with Crippen molar-refractivity contribution in [3.63, 3.8) is 0 Å². The Morgan fingerprint density at radius 1 is 1.42 bits per heavy atom. The van der Waals surface area contributed by atoms with E-state index in [-0.39, 0.29) is 0 Å². The largest absolute Gasteiger partial charge is 0.478 e. The summed E-state index contributed by atoms with van der Waals surface area (Å²) in [6, 6.07) is 4.46. The van der Waals surface area contributed by atoms with Crippen molar-refractivity contribution in [2.75, 3.05) is 32.1 Å². The molecule has 0 spiro atoms. The summed E-state index contributed by atoms with van der Waals surface area (Å²) in [5.74, 6) is 1.45. The lowest BCUT2D eigenvalue weighted by atomic mass is 9.90. The fourth-order valence-electron chi connectivity index (χ4n) is 2.61. The van der Waals surface area contributed by atoms with Gasteiger partial charge in [-0.15, -0.1) is 0 Å². The highest BCUT2D eigenvalue weighted by Gasteiger charge is 2.22. The van der Waals surface area contributed by atoms with Crippen molar-refractivity contribution in [1.82, 2.24) is 9.88 Å². The average molecular weight is 263 g/mol. The number of likely N-dealkylation sites (tertiary alicyclic amines) is 1. The molecule has 2 rings (SSSR count). The van der Waals surface area contributed by atoms with Crippen LogP contribution in [0.15, 0.2) is 18.3 Å². The van der Waals surface area contributed by atoms with Crippen molar-refractivity contribution in [3.8, 4) is 5.88 Å². The Bertz CT molecular complexity index is 371. The molecular formula is C15H25N3O. The summed E-state index contributed by atoms with van der Waals surface area (Å²) in [6.45, 7) is 7.31. The second kappa shape index (κ2) is 6.75. The average Bonchev–Trinajstić information content (AvgIpc) is 2.42. The molecule has 1 aliphatic heterocycles. The van der Waals surface area contributed by atoms with Gasteiger partial charge in [-0.05, 0) is 58.8 Å². The summed E-state index contributed by atoms with van der Waals surface area (Å²) in [5.41, 5.74) is 1.08. The third kappa shape index (κ3) is 4.10. The molecule has 1 aromatic heterocycles. The molecular weight excluding hydrogens is 238 g/mol. The first-order valence-corrected chi connectivity index (χ1v) is 7.23. The summed E-state index contributed by atoms with van der Waals surface area (Å²) in [7, 11) is 2.20. The molecule has 1 fully saturated rings. The Morgan fingerprint density at radius 2 is 2.16 bits per heavy atom. The zero-order chi connectivity index (χ0) is 13.7. The van der Waals surface area contributed by atoms with Gasteiger partial charge >= 0.3 is 0 Å². The number of piperidine rings is 1. The monoisotopic (exact) mass is 263 g/mol. The molecule has 1 aromatic rings. The highest BCUT2D eigenvalue weighted by Crippen LogP contribution is 2.22. The van der Waals surface area contributed by atoms with E-state index in [2.05, 4.69) is 29.2 Å². The minimum Gasteiger partial charge on any atom is -0.478 e. The van der Waals surface area contributed by atoms with Gasteiger partial charge in [0.15, 0.2) is 0 Å². The van der Waals surface area contributed by atoms with E-state index in [0.29, 0.717) is 18.5 Å². The molecule has 1 unspecified atom stereocenters. The Labute approximate surface area is 116 Å². The molecule has 2 heterocycles. The standard InChI is InChI=1S/C15H25N3O/c1-4-19-15-6-5-14(11-16-15)17-12(2)13-7-9-18(3)10-8-13/h5-6,11-13,17H,4,7-10H2,1-3H3. The molecule has 4 heteroatoms. The molecule has 19 heavy (non-hydrogen) atoms. The van der Waals surface area contributed by atoms with E-state index in [1.165, 1.54) is 25.9 Å². The van der Waals surface area contributed by atoms with Crippen LogP contribution in [0.2, 0.25) is 0 Å². The minimum absolute atomic E-state index is 0.494. The number of hydrogen-bond acceptors (Lipinski definition) is 4. The van der Waals surface area contributed by atoms with Gasteiger partial charge in [0.1, 0.15) is 0 Å². The van der Waals surface area contributed by atoms with Crippen molar-refractivity contribution in [2.45, 2.75) is 32.7 Å². The van der Waals surface area contributed by atoms with Crippen molar-refractivity contribution in [2.24, 2.45) is 5.92 Å². The molecule has 0 bridgehead atoms. The lowest BCUT2D eigenvalue weighted by Gasteiger charge is -2.33. The molecule has 0 aliphatic carbocycles. The van der Waals surface area contributed by atoms with Gasteiger partial charge in [-0.25, -0.2) is 4.98 Å². The maximum absolute atomic E-state index is 5.35. The van der Waals surface area contributed by atoms with E-state index < -0.39 is 0 Å². The second-order valence-corrected chi connectivity index (χ2v) is 5.39. The highest BCUT2D eigenvalue weighted by atomic mass is 16.5. The van der Waals surface area contributed by atoms with Gasteiger partial charge in [0, 0.05) is 12.1 Å². The first-order chi connectivity index (χ1) is 9.19. The SMILES string of the molecule is CCOc1ccc(NC(C)C2CCN(C)CC2)cn1. The van der Waals surface area contributed by atoms with E-state index in [0.717, 1.165) is 11.6 Å². The van der Waals surface area contributed by atoms with Crippen LogP contribution in [-0.4, -0.2) is 42.7 Å². The molecule has 0 aromatic carbocycles. The van der Waals surface area contributed by atoms with Gasteiger partial charge in [-0.2, -0.15) is 0 Å². The molecule has 1 atom stereocenters. The normalized spacial score (nSPS) is 19.1. The number of aromatic nitrogens is 1. The first kappa shape index (κ1) is 14.1. The van der Waals surface area contributed by atoms with Crippen LogP contribution in [0, 0.1) is 5.92 Å². The fraction of sp³-hybridized carbons (Fsp3) is 0.667. The maximum atomic E-state index is 5.35. The molecule has 106 valence electrons. The third-order valence-corrected chi connectivity index (χ3v) is 3.89. The topological polar surface area (TPSA) is 37.4 Å². The van der Waals surface area contributed by atoms with Crippen molar-refractivity contribution in [1.29, 1.82) is 0 Å². The number of rotatable bonds is 5. The molecule has 1 saturated heterocycles. The lowest BCUT2D eigenvalue weighted by molar-refractivity contribution is 0.208. The van der Waals surface area contributed by atoms with Crippen LogP contribution < -0.4 is 10.1 Å². The number of anilines is 1. The van der Waals surface area contributed by atoms with Crippen LogP contribution >= 0.6 is 0 Å². The lowest BCUT2D eigenvalue weighted by Crippen LogP contribution is -2.37. The van der Waals surface area contributed by atoms with Crippen LogP contribution in [0.5, 0.6) is 5.88 Å². The summed E-state index contributed by atoms with van der Waals surface area (Å²) in [6.07, 6.45) is 4.40. The smallest absolute Gasteiger partial charge is 0.213 e. The quantitative estimate of drug-likeness (QED) is 0.886. The van der Waals surface area contributed by atoms with Gasteiger partial charge in [-0.1, -0.05) is 0 Å². The van der Waals surface area contributed by atoms with E-state index in [4.69, 9.17) is 4.74 Å². The van der Waals surface area contributed by atoms with Crippen LogP contribution in [-0.2, 0) is 0 Å². The van der Waals surface area contributed by atoms with Gasteiger partial charge in [0.05, 0.1) is 18.5 Å². The zero-order valence-electron chi connectivity index (χ0n) is 12.2. The highest BCUT2D eigenvalue weighted by molar-refractivity contribution is 5.43. The van der Waals surface area contributed by atoms with E-state index >= 15 is 0 Å². The van der Waals surface area contributed by atoms with Gasteiger partial charge < -0.3 is 15.0 Å². The Balaban J connectivity index is 1.86. The molecule has 1 N–H and O–H groups in total. The summed E-state index contributed by atoms with van der Waals surface area (Å²) < 4.78 is 5.35. The maximum Gasteiger partial charge on any atom is 0.213 e. The fourth-order valence-corrected chi connectivity index (χ4v) is 2.61. The van der Waals surface area contributed by atoms with E-state index in [9.17, 15) is 0 Å². The predicted molar refractivity (Wildman–Crippen MR) is 78.7 cm³/mol.